The van der Waals surface area contributed by atoms with Crippen molar-refractivity contribution in [3.63, 3.8) is 0 Å². The first-order valence-corrected chi connectivity index (χ1v) is 6.95. The van der Waals surface area contributed by atoms with E-state index in [1.54, 1.807) is 0 Å². The van der Waals surface area contributed by atoms with Crippen LogP contribution in [-0.4, -0.2) is 22.6 Å². The average molecular weight is 266 g/mol. The van der Waals surface area contributed by atoms with Crippen molar-refractivity contribution in [3.05, 3.63) is 12.2 Å². The first-order chi connectivity index (χ1) is 8.81. The Morgan fingerprint density at radius 2 is 2.00 bits per heavy atom. The molecular weight excluding hydrogens is 244 g/mol. The van der Waals surface area contributed by atoms with Gasteiger partial charge in [0.05, 0.1) is 0 Å². The van der Waals surface area contributed by atoms with Crippen LogP contribution in [-0.2, 0) is 14.3 Å². The van der Waals surface area contributed by atoms with E-state index in [9.17, 15) is 9.59 Å². The summed E-state index contributed by atoms with van der Waals surface area (Å²) >= 11 is 0. The summed E-state index contributed by atoms with van der Waals surface area (Å²) in [6.07, 6.45) is 7.89. The molecule has 19 heavy (non-hydrogen) atoms. The smallest absolute Gasteiger partial charge is 0.320 e. The van der Waals surface area contributed by atoms with Crippen LogP contribution < -0.4 is 0 Å². The van der Waals surface area contributed by atoms with Gasteiger partial charge in [-0.15, -0.1) is 0 Å². The summed E-state index contributed by atoms with van der Waals surface area (Å²) in [5.41, 5.74) is -0.602. The molecular formula is C15H22O4. The van der Waals surface area contributed by atoms with E-state index in [1.807, 2.05) is 13.8 Å². The van der Waals surface area contributed by atoms with Gasteiger partial charge in [0.25, 0.3) is 0 Å². The highest BCUT2D eigenvalue weighted by Gasteiger charge is 2.44. The molecule has 3 rings (SSSR count). The van der Waals surface area contributed by atoms with E-state index in [0.29, 0.717) is 17.8 Å². The summed E-state index contributed by atoms with van der Waals surface area (Å²) in [6.45, 7) is 5.17. The first kappa shape index (κ1) is 14.1. The first-order valence-electron chi connectivity index (χ1n) is 6.95. The van der Waals surface area contributed by atoms with Gasteiger partial charge in [-0.1, -0.05) is 12.2 Å². The van der Waals surface area contributed by atoms with E-state index in [1.165, 1.54) is 13.3 Å². The summed E-state index contributed by atoms with van der Waals surface area (Å²) in [7, 11) is 0. The number of rotatable bonds is 4. The summed E-state index contributed by atoms with van der Waals surface area (Å²) in [6, 6.07) is 0. The van der Waals surface area contributed by atoms with Crippen LogP contribution in [0.5, 0.6) is 0 Å². The lowest BCUT2D eigenvalue weighted by molar-refractivity contribution is -0.174. The van der Waals surface area contributed by atoms with Crippen molar-refractivity contribution in [3.8, 4) is 0 Å². The summed E-state index contributed by atoms with van der Waals surface area (Å²) in [5, 5.41) is 8.85. The fraction of sp³-hybridized carbons (Fsp3) is 0.733. The molecule has 0 spiro atoms. The Morgan fingerprint density at radius 1 is 1.32 bits per heavy atom. The Kier molecular flexibility index (Phi) is 3.70. The molecule has 3 aliphatic rings. The van der Waals surface area contributed by atoms with Crippen molar-refractivity contribution >= 4 is 11.9 Å². The molecule has 3 aliphatic carbocycles. The van der Waals surface area contributed by atoms with Gasteiger partial charge < -0.3 is 9.84 Å². The number of ether oxygens (including phenoxy) is 1. The SMILES string of the molecule is CC(C(=O)O)C(=O)OC(C)(C)C1CC2C=CC1CC2. The third kappa shape index (κ3) is 2.82. The number of hydrogen-bond donors (Lipinski definition) is 1. The van der Waals surface area contributed by atoms with Crippen LogP contribution in [0.3, 0.4) is 0 Å². The molecule has 0 saturated heterocycles. The highest BCUT2D eigenvalue weighted by molar-refractivity contribution is 5.93. The molecule has 0 amide bonds. The largest absolute Gasteiger partial charge is 0.481 e. The predicted molar refractivity (Wildman–Crippen MR) is 70.4 cm³/mol. The zero-order valence-electron chi connectivity index (χ0n) is 11.8. The molecule has 0 radical (unpaired) electrons. The van der Waals surface area contributed by atoms with Crippen molar-refractivity contribution in [2.24, 2.45) is 23.7 Å². The molecule has 1 N–H and O–H groups in total. The summed E-state index contributed by atoms with van der Waals surface area (Å²) in [5.74, 6) is -1.54. The van der Waals surface area contributed by atoms with Crippen LogP contribution in [0.4, 0.5) is 0 Å². The molecule has 4 atom stereocenters. The van der Waals surface area contributed by atoms with Crippen LogP contribution in [0, 0.1) is 23.7 Å². The molecule has 4 nitrogen and oxygen atoms in total. The van der Waals surface area contributed by atoms with Crippen molar-refractivity contribution in [1.29, 1.82) is 0 Å². The normalized spacial score (nSPS) is 31.0. The molecule has 2 bridgehead atoms. The number of carbonyl (C=O) groups is 2. The highest BCUT2D eigenvalue weighted by atomic mass is 16.6. The minimum Gasteiger partial charge on any atom is -0.481 e. The number of allylic oxidation sites excluding steroid dienone is 2. The third-order valence-electron chi connectivity index (χ3n) is 4.56. The van der Waals surface area contributed by atoms with Gasteiger partial charge in [0.1, 0.15) is 5.60 Å². The van der Waals surface area contributed by atoms with Crippen LogP contribution in [0.2, 0.25) is 0 Å². The maximum absolute atomic E-state index is 11.8. The van der Waals surface area contributed by atoms with Crippen molar-refractivity contribution in [2.75, 3.05) is 0 Å². The van der Waals surface area contributed by atoms with Crippen LogP contribution in [0.1, 0.15) is 40.0 Å². The van der Waals surface area contributed by atoms with Gasteiger partial charge in [-0.3, -0.25) is 9.59 Å². The monoisotopic (exact) mass is 266 g/mol. The Balaban J connectivity index is 2.04. The summed E-state index contributed by atoms with van der Waals surface area (Å²) in [4.78, 5) is 22.6. The van der Waals surface area contributed by atoms with Gasteiger partial charge in [-0.25, -0.2) is 0 Å². The van der Waals surface area contributed by atoms with Gasteiger partial charge in [0.2, 0.25) is 0 Å². The van der Waals surface area contributed by atoms with Gasteiger partial charge >= 0.3 is 11.9 Å². The number of carboxylic acid groups (broad SMARTS) is 1. The molecule has 1 fully saturated rings. The second-order valence-corrected chi connectivity index (χ2v) is 6.31. The Hall–Kier alpha value is -1.32. The predicted octanol–water partition coefficient (Wildman–Crippen LogP) is 2.63. The lowest BCUT2D eigenvalue weighted by Crippen LogP contribution is -2.46. The number of esters is 1. The van der Waals surface area contributed by atoms with E-state index < -0.39 is 23.5 Å². The maximum atomic E-state index is 11.8. The van der Waals surface area contributed by atoms with Crippen molar-refractivity contribution in [1.82, 2.24) is 0 Å². The van der Waals surface area contributed by atoms with E-state index >= 15 is 0 Å². The van der Waals surface area contributed by atoms with Gasteiger partial charge in [0, 0.05) is 5.92 Å². The number of fused-ring (bicyclic) bond motifs is 2. The molecule has 0 aromatic heterocycles. The molecule has 1 saturated carbocycles. The second-order valence-electron chi connectivity index (χ2n) is 6.31. The zero-order chi connectivity index (χ0) is 14.2. The van der Waals surface area contributed by atoms with E-state index in [4.69, 9.17) is 9.84 Å². The Labute approximate surface area is 113 Å². The number of aliphatic carboxylic acids is 1. The molecule has 0 aromatic carbocycles. The topological polar surface area (TPSA) is 63.6 Å². The highest BCUT2D eigenvalue weighted by Crippen LogP contribution is 2.46. The average Bonchev–Trinajstić information content (AvgIpc) is 2.38. The van der Waals surface area contributed by atoms with Gasteiger partial charge in [0.15, 0.2) is 5.92 Å². The second kappa shape index (κ2) is 4.99. The van der Waals surface area contributed by atoms with Crippen molar-refractivity contribution in [2.45, 2.75) is 45.6 Å². The number of hydrogen-bond acceptors (Lipinski definition) is 3. The molecule has 4 unspecified atom stereocenters. The lowest BCUT2D eigenvalue weighted by atomic mass is 9.64. The van der Waals surface area contributed by atoms with Crippen LogP contribution in [0.15, 0.2) is 12.2 Å². The number of carboxylic acids is 1. The molecule has 106 valence electrons. The minimum absolute atomic E-state index is 0.293. The fourth-order valence-corrected chi connectivity index (χ4v) is 3.26. The lowest BCUT2D eigenvalue weighted by Gasteiger charge is -2.45. The Morgan fingerprint density at radius 3 is 2.42 bits per heavy atom. The minimum atomic E-state index is -1.13. The van der Waals surface area contributed by atoms with Crippen LogP contribution in [0.25, 0.3) is 0 Å². The molecule has 0 heterocycles. The van der Waals surface area contributed by atoms with Crippen LogP contribution >= 0.6 is 0 Å². The molecule has 4 heteroatoms. The maximum Gasteiger partial charge on any atom is 0.320 e. The van der Waals surface area contributed by atoms with Gasteiger partial charge in [-0.05, 0) is 51.9 Å². The Bertz CT molecular complexity index is 410. The number of carbonyl (C=O) groups excluding carboxylic acids is 1. The van der Waals surface area contributed by atoms with Gasteiger partial charge in [-0.2, -0.15) is 0 Å². The quantitative estimate of drug-likeness (QED) is 0.482. The molecule has 0 aliphatic heterocycles. The zero-order valence-corrected chi connectivity index (χ0v) is 11.8. The standard InChI is InChI=1S/C15H22O4/c1-9(13(16)17)14(18)19-15(2,3)12-8-10-4-6-11(12)7-5-10/h4,6,9-12H,5,7-8H2,1-3H3,(H,16,17). The third-order valence-corrected chi connectivity index (χ3v) is 4.56. The van der Waals surface area contributed by atoms with E-state index in [2.05, 4.69) is 12.2 Å². The molecule has 0 aromatic rings. The van der Waals surface area contributed by atoms with Crippen molar-refractivity contribution < 1.29 is 19.4 Å². The summed E-state index contributed by atoms with van der Waals surface area (Å²) < 4.78 is 5.50. The van der Waals surface area contributed by atoms with E-state index in [-0.39, 0.29) is 0 Å². The van der Waals surface area contributed by atoms with E-state index in [0.717, 1.165) is 12.8 Å². The fourth-order valence-electron chi connectivity index (χ4n) is 3.26.